The minimum absolute atomic E-state index is 0.0463. The largest absolute Gasteiger partial charge is 0.453 e. The van der Waals surface area contributed by atoms with E-state index in [0.29, 0.717) is 11.2 Å². The van der Waals surface area contributed by atoms with Crippen LogP contribution in [0.15, 0.2) is 21.2 Å². The van der Waals surface area contributed by atoms with Gasteiger partial charge in [-0.05, 0) is 54.2 Å². The third kappa shape index (κ3) is 3.59. The molecule has 1 amide bonds. The van der Waals surface area contributed by atoms with E-state index < -0.39 is 0 Å². The Balaban J connectivity index is 1.78. The predicted octanol–water partition coefficient (Wildman–Crippen LogP) is 2.71. The third-order valence-corrected chi connectivity index (χ3v) is 3.72. The van der Waals surface area contributed by atoms with Crippen LogP contribution in [0.4, 0.5) is 0 Å². The fraction of sp³-hybridized carbons (Fsp3) is 0.615. The molecule has 0 saturated carbocycles. The number of likely N-dealkylation sites (tertiary alicyclic amines) is 1. The first-order chi connectivity index (χ1) is 8.66. The molecule has 18 heavy (non-hydrogen) atoms. The van der Waals surface area contributed by atoms with E-state index in [9.17, 15) is 4.79 Å². The highest BCUT2D eigenvalue weighted by molar-refractivity contribution is 9.10. The van der Waals surface area contributed by atoms with Crippen molar-refractivity contribution in [3.8, 4) is 0 Å². The van der Waals surface area contributed by atoms with Crippen LogP contribution in [0, 0.1) is 0 Å². The van der Waals surface area contributed by atoms with E-state index in [1.54, 1.807) is 0 Å². The number of furan rings is 1. The lowest BCUT2D eigenvalue weighted by Crippen LogP contribution is -2.41. The van der Waals surface area contributed by atoms with Crippen molar-refractivity contribution in [1.82, 2.24) is 10.2 Å². The Labute approximate surface area is 116 Å². The smallest absolute Gasteiger partial charge is 0.236 e. The average Bonchev–Trinajstić information content (AvgIpc) is 2.83. The predicted molar refractivity (Wildman–Crippen MR) is 73.3 cm³/mol. The van der Waals surface area contributed by atoms with Gasteiger partial charge in [0, 0.05) is 13.1 Å². The van der Waals surface area contributed by atoms with Crippen molar-refractivity contribution in [3.05, 3.63) is 22.6 Å². The zero-order chi connectivity index (χ0) is 13.0. The number of carbonyl (C=O) groups is 1. The number of hydrogen-bond donors (Lipinski definition) is 1. The fourth-order valence-corrected chi connectivity index (χ4v) is 2.48. The SMILES string of the molecule is CC(NCC(=O)N1CCCCC1)c1ccc(Br)o1. The molecule has 1 aliphatic rings. The number of rotatable bonds is 4. The highest BCUT2D eigenvalue weighted by Gasteiger charge is 2.17. The Morgan fingerprint density at radius 1 is 1.44 bits per heavy atom. The van der Waals surface area contributed by atoms with Crippen molar-refractivity contribution in [2.45, 2.75) is 32.2 Å². The summed E-state index contributed by atoms with van der Waals surface area (Å²) in [6, 6.07) is 3.82. The molecule has 1 aromatic rings. The normalized spacial score (nSPS) is 17.8. The molecule has 2 heterocycles. The first-order valence-electron chi connectivity index (χ1n) is 6.43. The van der Waals surface area contributed by atoms with Crippen molar-refractivity contribution in [2.24, 2.45) is 0 Å². The average molecular weight is 315 g/mol. The van der Waals surface area contributed by atoms with Gasteiger partial charge in [0.1, 0.15) is 5.76 Å². The second-order valence-corrected chi connectivity index (χ2v) is 5.47. The topological polar surface area (TPSA) is 45.5 Å². The zero-order valence-electron chi connectivity index (χ0n) is 10.6. The molecule has 1 aromatic heterocycles. The number of carbonyl (C=O) groups excluding carboxylic acids is 1. The number of amides is 1. The van der Waals surface area contributed by atoms with E-state index in [1.807, 2.05) is 24.0 Å². The lowest BCUT2D eigenvalue weighted by atomic mass is 10.1. The summed E-state index contributed by atoms with van der Waals surface area (Å²) in [5.41, 5.74) is 0. The molecular weight excluding hydrogens is 296 g/mol. The molecule has 5 heteroatoms. The summed E-state index contributed by atoms with van der Waals surface area (Å²) in [5, 5.41) is 3.20. The van der Waals surface area contributed by atoms with Gasteiger partial charge in [0.15, 0.2) is 4.67 Å². The van der Waals surface area contributed by atoms with Gasteiger partial charge in [0.25, 0.3) is 0 Å². The van der Waals surface area contributed by atoms with Crippen molar-refractivity contribution < 1.29 is 9.21 Å². The minimum Gasteiger partial charge on any atom is -0.453 e. The second kappa shape index (κ2) is 6.38. The number of nitrogens with one attached hydrogen (secondary N) is 1. The summed E-state index contributed by atoms with van der Waals surface area (Å²) in [6.07, 6.45) is 3.51. The minimum atomic E-state index is 0.0463. The number of nitrogens with zero attached hydrogens (tertiary/aromatic N) is 1. The summed E-state index contributed by atoms with van der Waals surface area (Å²) < 4.78 is 6.17. The van der Waals surface area contributed by atoms with Gasteiger partial charge in [-0.1, -0.05) is 0 Å². The molecule has 1 unspecified atom stereocenters. The Hall–Kier alpha value is -0.810. The maximum absolute atomic E-state index is 12.0. The first-order valence-corrected chi connectivity index (χ1v) is 7.22. The molecule has 1 aliphatic heterocycles. The van der Waals surface area contributed by atoms with Crippen molar-refractivity contribution in [2.75, 3.05) is 19.6 Å². The summed E-state index contributed by atoms with van der Waals surface area (Å²) in [5.74, 6) is 1.03. The van der Waals surface area contributed by atoms with Gasteiger partial charge >= 0.3 is 0 Å². The van der Waals surface area contributed by atoms with E-state index >= 15 is 0 Å². The summed E-state index contributed by atoms with van der Waals surface area (Å²) in [4.78, 5) is 13.9. The van der Waals surface area contributed by atoms with Crippen LogP contribution in [0.25, 0.3) is 0 Å². The van der Waals surface area contributed by atoms with Crippen molar-refractivity contribution in [3.63, 3.8) is 0 Å². The van der Waals surface area contributed by atoms with Crippen LogP contribution in [0.3, 0.4) is 0 Å². The molecule has 0 aliphatic carbocycles. The molecular formula is C13H19BrN2O2. The van der Waals surface area contributed by atoms with E-state index in [1.165, 1.54) is 6.42 Å². The lowest BCUT2D eigenvalue weighted by Gasteiger charge is -2.27. The second-order valence-electron chi connectivity index (χ2n) is 4.69. The van der Waals surface area contributed by atoms with E-state index in [0.717, 1.165) is 31.7 Å². The molecule has 0 radical (unpaired) electrons. The van der Waals surface area contributed by atoms with Gasteiger partial charge in [-0.3, -0.25) is 10.1 Å². The first kappa shape index (κ1) is 13.6. The molecule has 1 fully saturated rings. The van der Waals surface area contributed by atoms with Crippen LogP contribution >= 0.6 is 15.9 Å². The molecule has 1 saturated heterocycles. The molecule has 4 nitrogen and oxygen atoms in total. The molecule has 0 aromatic carbocycles. The van der Waals surface area contributed by atoms with Crippen LogP contribution < -0.4 is 5.32 Å². The van der Waals surface area contributed by atoms with Crippen LogP contribution in [-0.2, 0) is 4.79 Å². The van der Waals surface area contributed by atoms with Gasteiger partial charge in [-0.2, -0.15) is 0 Å². The highest BCUT2D eigenvalue weighted by atomic mass is 79.9. The highest BCUT2D eigenvalue weighted by Crippen LogP contribution is 2.19. The number of halogens is 1. The van der Waals surface area contributed by atoms with Crippen LogP contribution in [0.1, 0.15) is 38.0 Å². The molecule has 0 spiro atoms. The Morgan fingerprint density at radius 2 is 2.17 bits per heavy atom. The summed E-state index contributed by atoms with van der Waals surface area (Å²) in [7, 11) is 0. The van der Waals surface area contributed by atoms with Gasteiger partial charge < -0.3 is 9.32 Å². The Bertz CT molecular complexity index is 399. The number of piperidine rings is 1. The van der Waals surface area contributed by atoms with Gasteiger partial charge in [0.05, 0.1) is 12.6 Å². The van der Waals surface area contributed by atoms with Crippen molar-refractivity contribution >= 4 is 21.8 Å². The Kier molecular flexibility index (Phi) is 4.83. The van der Waals surface area contributed by atoms with Crippen LogP contribution in [0.2, 0.25) is 0 Å². The van der Waals surface area contributed by atoms with Crippen LogP contribution in [-0.4, -0.2) is 30.4 Å². The lowest BCUT2D eigenvalue weighted by molar-refractivity contribution is -0.131. The van der Waals surface area contributed by atoms with Gasteiger partial charge in [0.2, 0.25) is 5.91 Å². The Morgan fingerprint density at radius 3 is 2.78 bits per heavy atom. The monoisotopic (exact) mass is 314 g/mol. The molecule has 1 N–H and O–H groups in total. The van der Waals surface area contributed by atoms with Gasteiger partial charge in [-0.15, -0.1) is 0 Å². The van der Waals surface area contributed by atoms with E-state index in [2.05, 4.69) is 21.2 Å². The maximum Gasteiger partial charge on any atom is 0.236 e. The standard InChI is InChI=1S/C13H19BrN2O2/c1-10(11-5-6-12(14)18-11)15-9-13(17)16-7-3-2-4-8-16/h5-6,10,15H,2-4,7-9H2,1H3. The van der Waals surface area contributed by atoms with Crippen LogP contribution in [0.5, 0.6) is 0 Å². The molecule has 0 bridgehead atoms. The molecule has 100 valence electrons. The van der Waals surface area contributed by atoms with E-state index in [4.69, 9.17) is 4.42 Å². The quantitative estimate of drug-likeness (QED) is 0.929. The molecule has 2 rings (SSSR count). The van der Waals surface area contributed by atoms with Crippen molar-refractivity contribution in [1.29, 1.82) is 0 Å². The maximum atomic E-state index is 12.0. The molecule has 1 atom stereocenters. The number of hydrogen-bond acceptors (Lipinski definition) is 3. The fourth-order valence-electron chi connectivity index (χ4n) is 2.16. The summed E-state index contributed by atoms with van der Waals surface area (Å²) in [6.45, 7) is 4.18. The third-order valence-electron chi connectivity index (χ3n) is 3.29. The van der Waals surface area contributed by atoms with E-state index in [-0.39, 0.29) is 11.9 Å². The zero-order valence-corrected chi connectivity index (χ0v) is 12.2. The van der Waals surface area contributed by atoms with Gasteiger partial charge in [-0.25, -0.2) is 0 Å². The summed E-state index contributed by atoms with van der Waals surface area (Å²) >= 11 is 3.27.